The molecule has 0 aliphatic heterocycles. The van der Waals surface area contributed by atoms with Crippen molar-refractivity contribution in [2.45, 2.75) is 122 Å². The molecule has 3 unspecified atom stereocenters. The van der Waals surface area contributed by atoms with E-state index in [1.807, 2.05) is 0 Å². The van der Waals surface area contributed by atoms with E-state index in [2.05, 4.69) is 53.2 Å². The summed E-state index contributed by atoms with van der Waals surface area (Å²) in [7, 11) is -4.03. The quantitative estimate of drug-likeness (QED) is 0.329. The Morgan fingerprint density at radius 2 is 1.63 bits per heavy atom. The van der Waals surface area contributed by atoms with Gasteiger partial charge in [-0.25, -0.2) is 17.9 Å². The number of amides is 1. The summed E-state index contributed by atoms with van der Waals surface area (Å²) in [4.78, 5) is 12.7. The zero-order valence-corrected chi connectivity index (χ0v) is 28.1. The summed E-state index contributed by atoms with van der Waals surface area (Å²) < 4.78 is 33.3. The van der Waals surface area contributed by atoms with Gasteiger partial charge in [0.1, 0.15) is 0 Å². The summed E-state index contributed by atoms with van der Waals surface area (Å²) in [6.07, 6.45) is 6.39. The van der Waals surface area contributed by atoms with Gasteiger partial charge in [-0.2, -0.15) is 0 Å². The Morgan fingerprint density at radius 1 is 1.00 bits per heavy atom. The molecule has 5 rings (SSSR count). The van der Waals surface area contributed by atoms with Crippen LogP contribution in [0.15, 0.2) is 29.2 Å². The Morgan fingerprint density at radius 3 is 2.26 bits per heavy atom. The fourth-order valence-corrected chi connectivity index (χ4v) is 11.5. The van der Waals surface area contributed by atoms with E-state index in [1.54, 1.807) is 12.1 Å². The third kappa shape index (κ3) is 5.78. The van der Waals surface area contributed by atoms with Crippen LogP contribution in [0.5, 0.6) is 0 Å². The van der Waals surface area contributed by atoms with Crippen LogP contribution < -0.4 is 4.72 Å². The van der Waals surface area contributed by atoms with E-state index < -0.39 is 16.1 Å². The molecule has 0 saturated heterocycles. The smallest absolute Gasteiger partial charge is 0.421 e. The van der Waals surface area contributed by atoms with Crippen molar-refractivity contribution >= 4 is 16.1 Å². The predicted octanol–water partition coefficient (Wildman–Crippen LogP) is 6.66. The van der Waals surface area contributed by atoms with Gasteiger partial charge in [0.2, 0.25) is 0 Å². The molecule has 7 nitrogen and oxygen atoms in total. The van der Waals surface area contributed by atoms with Gasteiger partial charge in [-0.15, -0.1) is 0 Å². The number of aliphatic hydroxyl groups is 2. The van der Waals surface area contributed by atoms with Crippen molar-refractivity contribution in [3.8, 4) is 0 Å². The second-order valence-electron chi connectivity index (χ2n) is 16.1. The molecule has 4 fully saturated rings. The minimum atomic E-state index is -4.03. The van der Waals surface area contributed by atoms with E-state index in [1.165, 1.54) is 12.1 Å². The zero-order chi connectivity index (χ0) is 31.5. The van der Waals surface area contributed by atoms with Crippen LogP contribution in [0, 0.1) is 52.3 Å². The highest BCUT2D eigenvalue weighted by Gasteiger charge is 2.64. The van der Waals surface area contributed by atoms with Gasteiger partial charge in [0.25, 0.3) is 10.0 Å². The van der Waals surface area contributed by atoms with Crippen molar-refractivity contribution < 1.29 is 28.2 Å². The van der Waals surface area contributed by atoms with E-state index in [0.29, 0.717) is 23.7 Å². The maximum absolute atomic E-state index is 12.9. The van der Waals surface area contributed by atoms with Crippen LogP contribution in [0.4, 0.5) is 4.79 Å². The van der Waals surface area contributed by atoms with Crippen molar-refractivity contribution in [1.82, 2.24) is 4.72 Å². The van der Waals surface area contributed by atoms with Gasteiger partial charge in [0.15, 0.2) is 0 Å². The van der Waals surface area contributed by atoms with Gasteiger partial charge in [-0.3, -0.25) is 0 Å². The van der Waals surface area contributed by atoms with Crippen LogP contribution in [0.25, 0.3) is 0 Å². The van der Waals surface area contributed by atoms with E-state index in [4.69, 9.17) is 4.74 Å². The molecule has 0 aromatic heterocycles. The number of ether oxygens (including phenoxy) is 1. The molecule has 0 heterocycles. The predicted molar refractivity (Wildman–Crippen MR) is 168 cm³/mol. The van der Waals surface area contributed by atoms with E-state index in [9.17, 15) is 23.4 Å². The van der Waals surface area contributed by atoms with Gasteiger partial charge in [-0.05, 0) is 120 Å². The summed E-state index contributed by atoms with van der Waals surface area (Å²) in [5.74, 6) is 2.14. The number of fused-ring (bicyclic) bond motifs is 5. The molecular weight excluding hydrogens is 562 g/mol. The maximum Gasteiger partial charge on any atom is 0.421 e. The molecule has 11 atom stereocenters. The summed E-state index contributed by atoms with van der Waals surface area (Å²) >= 11 is 0. The molecule has 4 aliphatic rings. The first-order valence-electron chi connectivity index (χ1n) is 16.7. The number of benzene rings is 1. The van der Waals surface area contributed by atoms with Crippen molar-refractivity contribution in [1.29, 1.82) is 0 Å². The molecule has 4 aliphatic carbocycles. The summed E-state index contributed by atoms with van der Waals surface area (Å²) in [6, 6.07) is 6.60. The fourth-order valence-electron chi connectivity index (χ4n) is 10.6. The van der Waals surface area contributed by atoms with E-state index in [-0.39, 0.29) is 57.7 Å². The Hall–Kier alpha value is -1.64. The van der Waals surface area contributed by atoms with Crippen LogP contribution in [0.3, 0.4) is 0 Å². The van der Waals surface area contributed by atoms with Gasteiger partial charge in [-0.1, -0.05) is 67.0 Å². The summed E-state index contributed by atoms with van der Waals surface area (Å²) in [6.45, 7) is 15.5. The van der Waals surface area contributed by atoms with Gasteiger partial charge in [0, 0.05) is 0 Å². The number of aliphatic hydroxyl groups excluding tert-OH is 2. The third-order valence-electron chi connectivity index (χ3n) is 12.9. The number of sulfonamides is 1. The first-order valence-corrected chi connectivity index (χ1v) is 18.2. The number of rotatable bonds is 6. The van der Waals surface area contributed by atoms with Crippen molar-refractivity contribution in [2.24, 2.45) is 52.3 Å². The number of hydrogen-bond acceptors (Lipinski definition) is 6. The summed E-state index contributed by atoms with van der Waals surface area (Å²) in [5, 5.41) is 22.4. The van der Waals surface area contributed by atoms with E-state index in [0.717, 1.165) is 56.9 Å². The third-order valence-corrected chi connectivity index (χ3v) is 14.2. The van der Waals surface area contributed by atoms with Crippen LogP contribution in [-0.2, 0) is 20.2 Å². The first-order chi connectivity index (χ1) is 20.0. The highest BCUT2D eigenvalue weighted by atomic mass is 32.2. The lowest BCUT2D eigenvalue weighted by Crippen LogP contribution is -2.62. The lowest BCUT2D eigenvalue weighted by atomic mass is 9.41. The van der Waals surface area contributed by atoms with Crippen LogP contribution in [-0.4, -0.2) is 43.5 Å². The fraction of sp³-hybridized carbons (Fsp3) is 0.800. The SMILES string of the molecule is CC[C@H]1[C@@H](O)C2[C@@H]3CC[C@H]([C@H](C)COC(=O)NS(=O)(=O)c4ccc(C(C)(C)C)cc4)C3(C)CC[C@@H]2C2(C)CC[C@@H](O)C[C@@H]12. The average Bonchev–Trinajstić information content (AvgIpc) is 3.29. The molecule has 242 valence electrons. The maximum atomic E-state index is 12.9. The first kappa shape index (κ1) is 32.7. The lowest BCUT2D eigenvalue weighted by molar-refractivity contribution is -0.203. The van der Waals surface area contributed by atoms with Crippen LogP contribution in [0.1, 0.15) is 105 Å². The number of nitrogens with one attached hydrogen (secondary N) is 1. The largest absolute Gasteiger partial charge is 0.449 e. The lowest BCUT2D eigenvalue weighted by Gasteiger charge is -2.64. The number of hydrogen-bond donors (Lipinski definition) is 3. The van der Waals surface area contributed by atoms with Crippen LogP contribution >= 0.6 is 0 Å². The topological polar surface area (TPSA) is 113 Å². The zero-order valence-electron chi connectivity index (χ0n) is 27.3. The molecule has 3 N–H and O–H groups in total. The van der Waals surface area contributed by atoms with Crippen LogP contribution in [0.2, 0.25) is 0 Å². The molecule has 1 aromatic carbocycles. The highest BCUT2D eigenvalue weighted by molar-refractivity contribution is 7.90. The molecule has 4 saturated carbocycles. The molecule has 1 aromatic rings. The molecule has 0 radical (unpaired) electrons. The molecular formula is C35H55NO6S. The molecule has 1 amide bonds. The Bertz CT molecular complexity index is 1270. The minimum absolute atomic E-state index is 0.0354. The number of carbonyl (C=O) groups is 1. The molecule has 8 heteroatoms. The minimum Gasteiger partial charge on any atom is -0.449 e. The highest BCUT2D eigenvalue weighted by Crippen LogP contribution is 2.69. The van der Waals surface area contributed by atoms with Crippen molar-refractivity contribution in [3.63, 3.8) is 0 Å². The van der Waals surface area contributed by atoms with Gasteiger partial charge in [0.05, 0.1) is 23.7 Å². The monoisotopic (exact) mass is 617 g/mol. The second kappa shape index (κ2) is 11.6. The molecule has 0 spiro atoms. The van der Waals surface area contributed by atoms with Crippen molar-refractivity contribution in [3.05, 3.63) is 29.8 Å². The van der Waals surface area contributed by atoms with Gasteiger partial charge < -0.3 is 14.9 Å². The average molecular weight is 618 g/mol. The Labute approximate surface area is 259 Å². The van der Waals surface area contributed by atoms with E-state index >= 15 is 0 Å². The molecule has 0 bridgehead atoms. The van der Waals surface area contributed by atoms with Crippen molar-refractivity contribution in [2.75, 3.05) is 6.61 Å². The number of carbonyl (C=O) groups excluding carboxylic acids is 1. The normalized spacial score (nSPS) is 40.1. The molecule has 43 heavy (non-hydrogen) atoms. The van der Waals surface area contributed by atoms with Gasteiger partial charge >= 0.3 is 6.09 Å². The second-order valence-corrected chi connectivity index (χ2v) is 17.8. The summed E-state index contributed by atoms with van der Waals surface area (Å²) in [5.41, 5.74) is 1.11. The standard InChI is InChI=1S/C35H55NO6S/c1-8-25-29-19-23(37)15-17-35(29,7)28-16-18-34(6)26(13-14-27(34)30(28)31(25)38)21(2)20-42-32(39)36-43(40,41)24-11-9-22(10-12-24)33(3,4)5/h9-12,21,23,25-31,37-38H,8,13-20H2,1-7H3,(H,36,39)/t21-,23-,25-,26-,27+,28+,29+,30?,31-,34?,35?/m1/s1. The Kier molecular flexibility index (Phi) is 8.85. The Balaban J connectivity index is 1.24.